The fraction of sp³-hybridized carbons (Fsp3) is 0.344. The number of sulfonamides is 1. The Bertz CT molecular complexity index is 1780. The van der Waals surface area contributed by atoms with Crippen molar-refractivity contribution < 1.29 is 37.3 Å². The van der Waals surface area contributed by atoms with Crippen molar-refractivity contribution in [1.82, 2.24) is 10.6 Å². The molecule has 0 aromatic heterocycles. The van der Waals surface area contributed by atoms with Gasteiger partial charge in [-0.15, -0.1) is 8.80 Å². The summed E-state index contributed by atoms with van der Waals surface area (Å²) in [6.45, 7) is 1.80. The Labute approximate surface area is 286 Å². The number of nitrogens with one attached hydrogen (secondary N) is 4. The lowest BCUT2D eigenvalue weighted by Gasteiger charge is -2.34. The van der Waals surface area contributed by atoms with Crippen LogP contribution in [0.25, 0.3) is 0 Å². The number of carbonyl (C=O) groups excluding carboxylic acids is 1. The highest BCUT2D eigenvalue weighted by atomic mass is 32.3. The molecule has 0 spiro atoms. The number of piperidine rings is 1. The first-order chi connectivity index (χ1) is 23.3. The molecule has 1 fully saturated rings. The summed E-state index contributed by atoms with van der Waals surface area (Å²) < 4.78 is 58.7. The van der Waals surface area contributed by atoms with Crippen molar-refractivity contribution in [2.75, 3.05) is 47.9 Å². The molecule has 2 atom stereocenters. The molecule has 1 saturated heterocycles. The number of ether oxygens (including phenoxy) is 1. The molecule has 49 heavy (non-hydrogen) atoms. The predicted molar refractivity (Wildman–Crippen MR) is 192 cm³/mol. The molecule has 1 unspecified atom stereocenters. The molecule has 2 aliphatic heterocycles. The van der Waals surface area contributed by atoms with Crippen LogP contribution in [0.3, 0.4) is 0 Å². The minimum absolute atomic E-state index is 0.0112. The van der Waals surface area contributed by atoms with Crippen molar-refractivity contribution in [1.29, 1.82) is 0 Å². The Balaban J connectivity index is 1.13. The van der Waals surface area contributed by atoms with E-state index in [9.17, 15) is 32.5 Å². The lowest BCUT2D eigenvalue weighted by molar-refractivity contribution is -0.142. The van der Waals surface area contributed by atoms with Crippen molar-refractivity contribution in [2.45, 2.75) is 37.5 Å². The van der Waals surface area contributed by atoms with Gasteiger partial charge in [-0.1, -0.05) is 36.4 Å². The van der Waals surface area contributed by atoms with Crippen molar-refractivity contribution in [3.05, 3.63) is 83.9 Å². The van der Waals surface area contributed by atoms with Crippen LogP contribution in [0.5, 0.6) is 5.75 Å². The molecule has 3 aromatic carbocycles. The van der Waals surface area contributed by atoms with E-state index < -0.39 is 39.1 Å². The molecule has 264 valence electrons. The second-order valence-corrected chi connectivity index (χ2v) is 14.9. The Kier molecular flexibility index (Phi) is 11.3. The number of aromatic hydroxyl groups is 1. The van der Waals surface area contributed by atoms with Crippen LogP contribution < -0.4 is 25.6 Å². The van der Waals surface area contributed by atoms with Gasteiger partial charge in [0.25, 0.3) is 0 Å². The van der Waals surface area contributed by atoms with E-state index in [1.54, 1.807) is 6.07 Å². The molecule has 0 amide bonds. The van der Waals surface area contributed by atoms with Crippen LogP contribution >= 0.6 is 11.0 Å². The van der Waals surface area contributed by atoms with Gasteiger partial charge in [-0.3, -0.25) is 13.8 Å². The molecule has 2 heterocycles. The SMILES string of the molecule is COC(=O)C(Cc1ccccc1)NC1=NS(O)(O)N=C1Nc1ccc(N2CCC(NC[C@@H](O)c3ccc(O)c(NS(C)(=O)=O)c3)CC2)cc1. The minimum Gasteiger partial charge on any atom is -0.506 e. The molecule has 8 N–H and O–H groups in total. The lowest BCUT2D eigenvalue weighted by Crippen LogP contribution is -2.46. The number of esters is 1. The van der Waals surface area contributed by atoms with Gasteiger partial charge in [0.15, 0.2) is 11.7 Å². The third-order valence-corrected chi connectivity index (χ3v) is 9.47. The highest BCUT2D eigenvalue weighted by Crippen LogP contribution is 2.45. The maximum Gasteiger partial charge on any atom is 0.328 e. The van der Waals surface area contributed by atoms with E-state index in [1.807, 2.05) is 54.6 Å². The van der Waals surface area contributed by atoms with E-state index in [1.165, 1.54) is 19.2 Å². The van der Waals surface area contributed by atoms with E-state index in [2.05, 4.69) is 34.4 Å². The monoisotopic (exact) mass is 715 g/mol. The van der Waals surface area contributed by atoms with Crippen molar-refractivity contribution in [2.24, 2.45) is 8.80 Å². The number of benzene rings is 3. The molecule has 3 aromatic rings. The zero-order valence-corrected chi connectivity index (χ0v) is 28.6. The van der Waals surface area contributed by atoms with Crippen molar-refractivity contribution >= 4 is 55.7 Å². The molecule has 15 nitrogen and oxygen atoms in total. The zero-order chi connectivity index (χ0) is 35.2. The van der Waals surface area contributed by atoms with E-state index in [-0.39, 0.29) is 42.1 Å². The van der Waals surface area contributed by atoms with Gasteiger partial charge in [0.05, 0.1) is 25.2 Å². The predicted octanol–water partition coefficient (Wildman–Crippen LogP) is 3.23. The van der Waals surface area contributed by atoms with Gasteiger partial charge in [-0.2, -0.15) is 0 Å². The number of rotatable bonds is 12. The first-order valence-electron chi connectivity index (χ1n) is 15.5. The van der Waals surface area contributed by atoms with E-state index in [0.29, 0.717) is 11.3 Å². The average molecular weight is 716 g/mol. The smallest absolute Gasteiger partial charge is 0.328 e. The summed E-state index contributed by atoms with van der Waals surface area (Å²) >= 11 is 0. The third-order valence-electron chi connectivity index (χ3n) is 8.02. The number of phenols is 1. The number of anilines is 3. The third kappa shape index (κ3) is 10.1. The summed E-state index contributed by atoms with van der Waals surface area (Å²) in [5.74, 6) is -0.648. The maximum absolute atomic E-state index is 12.6. The van der Waals surface area contributed by atoms with Gasteiger partial charge in [-0.25, -0.2) is 13.2 Å². The molecule has 0 radical (unpaired) electrons. The number of methoxy groups -OCH3 is 1. The Morgan fingerprint density at radius 1 is 1.02 bits per heavy atom. The molecule has 0 bridgehead atoms. The summed E-state index contributed by atoms with van der Waals surface area (Å²) in [4.78, 5) is 14.8. The van der Waals surface area contributed by atoms with Crippen LogP contribution in [0.4, 0.5) is 17.1 Å². The number of amidine groups is 2. The number of hydrogen-bond donors (Lipinski definition) is 8. The fourth-order valence-electron chi connectivity index (χ4n) is 5.55. The number of hydrogen-bond acceptors (Lipinski definition) is 14. The molecule has 17 heteroatoms. The van der Waals surface area contributed by atoms with Gasteiger partial charge in [0, 0.05) is 54.4 Å². The van der Waals surface area contributed by atoms with Gasteiger partial charge < -0.3 is 35.8 Å². The second kappa shape index (κ2) is 15.4. The molecule has 0 aliphatic carbocycles. The summed E-state index contributed by atoms with van der Waals surface area (Å²) in [6.07, 6.45) is 2.02. The van der Waals surface area contributed by atoms with Crippen LogP contribution in [0, 0.1) is 0 Å². The first kappa shape index (κ1) is 35.9. The number of nitrogens with zero attached hydrogens (tertiary/aromatic N) is 3. The van der Waals surface area contributed by atoms with Crippen LogP contribution in [0.15, 0.2) is 81.6 Å². The molecule has 0 saturated carbocycles. The van der Waals surface area contributed by atoms with Crippen LogP contribution in [0.2, 0.25) is 0 Å². The molecule has 5 rings (SSSR count). The van der Waals surface area contributed by atoms with Gasteiger partial charge in [0.1, 0.15) is 11.8 Å². The normalized spacial score (nSPS) is 18.1. The van der Waals surface area contributed by atoms with Gasteiger partial charge >= 0.3 is 5.97 Å². The number of aliphatic hydroxyl groups excluding tert-OH is 1. The Morgan fingerprint density at radius 3 is 2.35 bits per heavy atom. The fourth-order valence-corrected chi connectivity index (χ4v) is 6.92. The molecular formula is C32H41N7O8S2. The molecule has 2 aliphatic rings. The highest BCUT2D eigenvalue weighted by molar-refractivity contribution is 8.22. The number of aliphatic hydroxyl groups is 1. The number of carbonyl (C=O) groups is 1. The molecular weight excluding hydrogens is 675 g/mol. The summed E-state index contributed by atoms with van der Waals surface area (Å²) in [5, 5.41) is 30.1. The summed E-state index contributed by atoms with van der Waals surface area (Å²) in [6, 6.07) is 20.5. The Hall–Kier alpha value is -4.39. The van der Waals surface area contributed by atoms with Crippen molar-refractivity contribution in [3.8, 4) is 5.75 Å². The van der Waals surface area contributed by atoms with Crippen molar-refractivity contribution in [3.63, 3.8) is 0 Å². The minimum atomic E-state index is -3.65. The summed E-state index contributed by atoms with van der Waals surface area (Å²) in [5.41, 5.74) is 2.99. The van der Waals surface area contributed by atoms with Gasteiger partial charge in [-0.05, 0) is 60.4 Å². The Morgan fingerprint density at radius 2 is 1.69 bits per heavy atom. The van der Waals surface area contributed by atoms with E-state index in [4.69, 9.17) is 4.74 Å². The maximum atomic E-state index is 12.6. The van der Waals surface area contributed by atoms with Crippen LogP contribution in [-0.4, -0.2) is 90.5 Å². The average Bonchev–Trinajstić information content (AvgIpc) is 3.36. The highest BCUT2D eigenvalue weighted by Gasteiger charge is 2.30. The van der Waals surface area contributed by atoms with E-state index in [0.717, 1.165) is 43.4 Å². The first-order valence-corrected chi connectivity index (χ1v) is 18.8. The topological polar surface area (TPSA) is 217 Å². The van der Waals surface area contributed by atoms with Gasteiger partial charge in [0.2, 0.25) is 10.0 Å². The lowest BCUT2D eigenvalue weighted by atomic mass is 10.0. The zero-order valence-electron chi connectivity index (χ0n) is 27.0. The van der Waals surface area contributed by atoms with Crippen LogP contribution in [-0.2, 0) is 26.0 Å². The number of phenolic OH excluding ortho intramolecular Hbond substituents is 1. The largest absolute Gasteiger partial charge is 0.506 e. The summed E-state index contributed by atoms with van der Waals surface area (Å²) in [7, 11) is -5.96. The second-order valence-electron chi connectivity index (χ2n) is 11.8. The quantitative estimate of drug-likeness (QED) is 0.100. The standard InChI is InChI=1S/C32H41N7O8S2/c1-47-32(42)27(18-21-6-4-3-5-7-21)35-31-30(37-49(45,46)38-31)34-24-9-11-25(12-10-24)39-16-14-23(15-17-39)33-20-29(41)22-8-13-28(40)26(19-22)36-48(2,43)44/h3-13,19,23,27,29,33,36,40-41,45-46H,14-18,20H2,1-2H3,(H,34,37)(H,35,38)/t27?,29-/m1/s1. The van der Waals surface area contributed by atoms with E-state index >= 15 is 0 Å². The van der Waals surface area contributed by atoms with Crippen LogP contribution in [0.1, 0.15) is 30.1 Å².